The van der Waals surface area contributed by atoms with Crippen LogP contribution in [-0.4, -0.2) is 12.9 Å². The number of anilines is 2. The summed E-state index contributed by atoms with van der Waals surface area (Å²) in [4.78, 5) is 9.95. The Hall–Kier alpha value is -1.71. The van der Waals surface area contributed by atoms with Gasteiger partial charge >= 0.3 is 0 Å². The molecule has 0 aliphatic rings. The lowest BCUT2D eigenvalue weighted by Gasteiger charge is -2.04. The number of benzene rings is 1. The van der Waals surface area contributed by atoms with Crippen LogP contribution in [0.4, 0.5) is 11.4 Å². The SMILES string of the molecule is Nc1ccc(OCC=O)cc1N. The third-order valence-corrected chi connectivity index (χ3v) is 1.38. The number of carbonyl (C=O) groups is 1. The Balaban J connectivity index is 2.75. The van der Waals surface area contributed by atoms with Crippen molar-refractivity contribution >= 4 is 17.7 Å². The van der Waals surface area contributed by atoms with Gasteiger partial charge in [0.1, 0.15) is 12.4 Å². The Labute approximate surface area is 70.1 Å². The van der Waals surface area contributed by atoms with Crippen molar-refractivity contribution in [1.82, 2.24) is 0 Å². The van der Waals surface area contributed by atoms with Crippen molar-refractivity contribution < 1.29 is 9.53 Å². The number of hydrogen-bond acceptors (Lipinski definition) is 4. The minimum atomic E-state index is 0.0311. The normalized spacial score (nSPS) is 9.33. The molecule has 0 fully saturated rings. The number of aldehydes is 1. The van der Waals surface area contributed by atoms with Crippen LogP contribution >= 0.6 is 0 Å². The van der Waals surface area contributed by atoms with Crippen molar-refractivity contribution in [2.24, 2.45) is 0 Å². The summed E-state index contributed by atoms with van der Waals surface area (Å²) in [6.45, 7) is 0.0311. The van der Waals surface area contributed by atoms with Crippen LogP contribution in [0.3, 0.4) is 0 Å². The molecule has 0 radical (unpaired) electrons. The standard InChI is InChI=1S/C8H10N2O2/c9-7-2-1-6(5-8(7)10)12-4-3-11/h1-3,5H,4,9-10H2. The maximum absolute atomic E-state index is 9.95. The average molecular weight is 166 g/mol. The van der Waals surface area contributed by atoms with E-state index in [9.17, 15) is 4.79 Å². The highest BCUT2D eigenvalue weighted by atomic mass is 16.5. The van der Waals surface area contributed by atoms with E-state index in [-0.39, 0.29) is 6.61 Å². The average Bonchev–Trinajstić information content (AvgIpc) is 2.07. The first kappa shape index (κ1) is 8.39. The number of nitrogen functional groups attached to an aromatic ring is 2. The molecule has 0 saturated carbocycles. The fourth-order valence-corrected chi connectivity index (χ4v) is 0.773. The highest BCUT2D eigenvalue weighted by Crippen LogP contribution is 2.20. The van der Waals surface area contributed by atoms with Crippen LogP contribution in [0.5, 0.6) is 5.75 Å². The molecule has 0 aliphatic heterocycles. The van der Waals surface area contributed by atoms with Gasteiger partial charge in [0.05, 0.1) is 11.4 Å². The zero-order valence-electron chi connectivity index (χ0n) is 6.49. The second-order valence-electron chi connectivity index (χ2n) is 2.27. The Kier molecular flexibility index (Phi) is 2.53. The Morgan fingerprint density at radius 3 is 2.67 bits per heavy atom. The monoisotopic (exact) mass is 166 g/mol. The quantitative estimate of drug-likeness (QED) is 0.504. The van der Waals surface area contributed by atoms with Crippen LogP contribution in [0, 0.1) is 0 Å². The highest BCUT2D eigenvalue weighted by molar-refractivity contribution is 5.65. The molecule has 0 amide bonds. The lowest BCUT2D eigenvalue weighted by Crippen LogP contribution is -1.99. The Morgan fingerprint density at radius 2 is 2.08 bits per heavy atom. The van der Waals surface area contributed by atoms with E-state index in [1.165, 1.54) is 0 Å². The molecule has 1 aromatic carbocycles. The van der Waals surface area contributed by atoms with E-state index in [2.05, 4.69) is 0 Å². The molecule has 0 atom stereocenters. The molecule has 4 N–H and O–H groups in total. The van der Waals surface area contributed by atoms with Gasteiger partial charge < -0.3 is 16.2 Å². The second kappa shape index (κ2) is 3.61. The van der Waals surface area contributed by atoms with Crippen LogP contribution in [0.15, 0.2) is 18.2 Å². The molecule has 12 heavy (non-hydrogen) atoms. The molecule has 0 aromatic heterocycles. The maximum atomic E-state index is 9.95. The Morgan fingerprint density at radius 1 is 1.33 bits per heavy atom. The van der Waals surface area contributed by atoms with Gasteiger partial charge in [-0.2, -0.15) is 0 Å². The first-order chi connectivity index (χ1) is 5.74. The van der Waals surface area contributed by atoms with Crippen molar-refractivity contribution in [2.75, 3.05) is 18.1 Å². The summed E-state index contributed by atoms with van der Waals surface area (Å²) < 4.78 is 4.99. The summed E-state index contributed by atoms with van der Waals surface area (Å²) >= 11 is 0. The number of ether oxygens (including phenoxy) is 1. The molecule has 0 spiro atoms. The van der Waals surface area contributed by atoms with Crippen LogP contribution < -0.4 is 16.2 Å². The van der Waals surface area contributed by atoms with E-state index in [1.807, 2.05) is 0 Å². The summed E-state index contributed by atoms with van der Waals surface area (Å²) in [5.41, 5.74) is 11.9. The van der Waals surface area contributed by atoms with Gasteiger partial charge in [-0.15, -0.1) is 0 Å². The number of hydrogen-bond donors (Lipinski definition) is 2. The minimum absolute atomic E-state index is 0.0311. The van der Waals surface area contributed by atoms with E-state index in [0.29, 0.717) is 23.4 Å². The molecule has 0 heterocycles. The summed E-state index contributed by atoms with van der Waals surface area (Å²) in [7, 11) is 0. The first-order valence-electron chi connectivity index (χ1n) is 3.45. The van der Waals surface area contributed by atoms with Crippen LogP contribution in [0.1, 0.15) is 0 Å². The van der Waals surface area contributed by atoms with Crippen molar-refractivity contribution in [3.63, 3.8) is 0 Å². The smallest absolute Gasteiger partial charge is 0.157 e. The van der Waals surface area contributed by atoms with Gasteiger partial charge in [0.25, 0.3) is 0 Å². The van der Waals surface area contributed by atoms with Gasteiger partial charge in [0, 0.05) is 6.07 Å². The van der Waals surface area contributed by atoms with Crippen LogP contribution in [0.2, 0.25) is 0 Å². The summed E-state index contributed by atoms with van der Waals surface area (Å²) in [5, 5.41) is 0. The zero-order valence-corrected chi connectivity index (χ0v) is 6.49. The second-order valence-corrected chi connectivity index (χ2v) is 2.27. The molecule has 1 aromatic rings. The van der Waals surface area contributed by atoms with Gasteiger partial charge in [-0.05, 0) is 12.1 Å². The number of rotatable bonds is 3. The molecule has 1 rings (SSSR count). The van der Waals surface area contributed by atoms with Crippen molar-refractivity contribution in [1.29, 1.82) is 0 Å². The van der Waals surface area contributed by atoms with E-state index in [0.717, 1.165) is 0 Å². The number of nitrogens with two attached hydrogens (primary N) is 2. The van der Waals surface area contributed by atoms with E-state index in [1.54, 1.807) is 18.2 Å². The largest absolute Gasteiger partial charge is 0.486 e. The van der Waals surface area contributed by atoms with Gasteiger partial charge in [-0.1, -0.05) is 0 Å². The van der Waals surface area contributed by atoms with Gasteiger partial charge in [0.2, 0.25) is 0 Å². The summed E-state index contributed by atoms with van der Waals surface area (Å²) in [6.07, 6.45) is 0.673. The van der Waals surface area contributed by atoms with E-state index >= 15 is 0 Å². The first-order valence-corrected chi connectivity index (χ1v) is 3.45. The van der Waals surface area contributed by atoms with Gasteiger partial charge in [0.15, 0.2) is 6.29 Å². The van der Waals surface area contributed by atoms with Crippen LogP contribution in [0.25, 0.3) is 0 Å². The molecule has 0 unspecified atom stereocenters. The minimum Gasteiger partial charge on any atom is -0.486 e. The lowest BCUT2D eigenvalue weighted by atomic mass is 10.2. The highest BCUT2D eigenvalue weighted by Gasteiger charge is 1.96. The van der Waals surface area contributed by atoms with Gasteiger partial charge in [-0.3, -0.25) is 4.79 Å². The van der Waals surface area contributed by atoms with Crippen molar-refractivity contribution in [2.45, 2.75) is 0 Å². The third kappa shape index (κ3) is 1.88. The molecule has 4 heteroatoms. The summed E-state index contributed by atoms with van der Waals surface area (Å²) in [5.74, 6) is 0.550. The zero-order chi connectivity index (χ0) is 8.97. The lowest BCUT2D eigenvalue weighted by molar-refractivity contribution is -0.109. The topological polar surface area (TPSA) is 78.3 Å². The van der Waals surface area contributed by atoms with Crippen molar-refractivity contribution in [3.8, 4) is 5.75 Å². The molecule has 0 aliphatic carbocycles. The maximum Gasteiger partial charge on any atom is 0.157 e. The molecule has 0 saturated heterocycles. The fraction of sp³-hybridized carbons (Fsp3) is 0.125. The van der Waals surface area contributed by atoms with Gasteiger partial charge in [-0.25, -0.2) is 0 Å². The molecule has 0 bridgehead atoms. The third-order valence-electron chi connectivity index (χ3n) is 1.38. The molecular weight excluding hydrogens is 156 g/mol. The molecule has 64 valence electrons. The molecule has 4 nitrogen and oxygen atoms in total. The van der Waals surface area contributed by atoms with E-state index in [4.69, 9.17) is 16.2 Å². The van der Waals surface area contributed by atoms with E-state index < -0.39 is 0 Å². The Bertz CT molecular complexity index is 286. The molecular formula is C8H10N2O2. The number of carbonyl (C=O) groups excluding carboxylic acids is 1. The van der Waals surface area contributed by atoms with Crippen molar-refractivity contribution in [3.05, 3.63) is 18.2 Å². The van der Waals surface area contributed by atoms with Crippen LogP contribution in [-0.2, 0) is 4.79 Å². The predicted molar refractivity (Wildman–Crippen MR) is 46.8 cm³/mol. The fourth-order valence-electron chi connectivity index (χ4n) is 0.773. The summed E-state index contributed by atoms with van der Waals surface area (Å²) in [6, 6.07) is 4.88. The predicted octanol–water partition coefficient (Wildman–Crippen LogP) is 0.429.